The smallest absolute Gasteiger partial charge is 0.274 e. The summed E-state index contributed by atoms with van der Waals surface area (Å²) in [6.45, 7) is 2.68. The van der Waals surface area contributed by atoms with Gasteiger partial charge in [-0.3, -0.25) is 4.79 Å². The second kappa shape index (κ2) is 6.62. The van der Waals surface area contributed by atoms with Gasteiger partial charge in [0.1, 0.15) is 17.3 Å². The number of benzene rings is 1. The van der Waals surface area contributed by atoms with Crippen LogP contribution in [0.25, 0.3) is 0 Å². The van der Waals surface area contributed by atoms with Crippen LogP contribution in [0.2, 0.25) is 0 Å². The van der Waals surface area contributed by atoms with E-state index in [4.69, 9.17) is 0 Å². The molecule has 0 aliphatic carbocycles. The molecule has 0 aliphatic rings. The number of nitrogens with one attached hydrogen (secondary N) is 2. The molecule has 1 heterocycles. The summed E-state index contributed by atoms with van der Waals surface area (Å²) >= 11 is 2.94. The Balaban J connectivity index is 2.16. The maximum absolute atomic E-state index is 13.6. The Bertz CT molecular complexity index is 662. The Morgan fingerprint density at radius 2 is 2.05 bits per heavy atom. The van der Waals surface area contributed by atoms with E-state index in [0.717, 1.165) is 18.3 Å². The van der Waals surface area contributed by atoms with E-state index in [-0.39, 0.29) is 15.9 Å². The van der Waals surface area contributed by atoms with Gasteiger partial charge in [0.2, 0.25) is 0 Å². The topological polar surface area (TPSA) is 54.0 Å². The van der Waals surface area contributed by atoms with Gasteiger partial charge in [-0.05, 0) is 41.1 Å². The lowest BCUT2D eigenvalue weighted by molar-refractivity contribution is 0.102. The lowest BCUT2D eigenvalue weighted by atomic mass is 10.2. The van der Waals surface area contributed by atoms with Crippen LogP contribution >= 0.6 is 15.9 Å². The highest BCUT2D eigenvalue weighted by Gasteiger charge is 2.13. The largest absolute Gasteiger partial charge is 0.384 e. The Hall–Kier alpha value is -2.02. The van der Waals surface area contributed by atoms with Gasteiger partial charge in [0.25, 0.3) is 5.91 Å². The number of hydrogen-bond acceptors (Lipinski definition) is 3. The number of rotatable bonds is 4. The minimum atomic E-state index is -0.853. The van der Waals surface area contributed by atoms with Crippen LogP contribution in [0.1, 0.15) is 17.4 Å². The number of hydrogen-bond donors (Lipinski definition) is 2. The summed E-state index contributed by atoms with van der Waals surface area (Å²) in [5, 5.41) is 5.40. The Morgan fingerprint density at radius 1 is 1.29 bits per heavy atom. The number of amides is 1. The predicted molar refractivity (Wildman–Crippen MR) is 80.4 cm³/mol. The van der Waals surface area contributed by atoms with Gasteiger partial charge in [-0.2, -0.15) is 0 Å². The number of halogens is 3. The first-order valence-electron chi connectivity index (χ1n) is 6.17. The van der Waals surface area contributed by atoms with Crippen molar-refractivity contribution in [3.8, 4) is 0 Å². The van der Waals surface area contributed by atoms with Crippen molar-refractivity contribution in [1.29, 1.82) is 0 Å². The molecule has 0 saturated heterocycles. The van der Waals surface area contributed by atoms with Gasteiger partial charge in [0, 0.05) is 12.6 Å². The fraction of sp³-hybridized carbons (Fsp3) is 0.143. The van der Waals surface area contributed by atoms with Crippen molar-refractivity contribution in [2.75, 3.05) is 17.2 Å². The average Bonchev–Trinajstić information content (AvgIpc) is 2.46. The summed E-state index contributed by atoms with van der Waals surface area (Å²) in [5.74, 6) is -2.16. The zero-order valence-electron chi connectivity index (χ0n) is 11.1. The van der Waals surface area contributed by atoms with E-state index in [2.05, 4.69) is 31.5 Å². The Labute approximate surface area is 128 Å². The molecule has 1 aromatic carbocycles. The van der Waals surface area contributed by atoms with Gasteiger partial charge < -0.3 is 10.6 Å². The third kappa shape index (κ3) is 3.75. The van der Waals surface area contributed by atoms with E-state index in [1.165, 1.54) is 12.3 Å². The molecule has 0 spiro atoms. The molecular weight excluding hydrogens is 344 g/mol. The van der Waals surface area contributed by atoms with E-state index in [1.54, 1.807) is 6.07 Å². The van der Waals surface area contributed by atoms with Gasteiger partial charge in [0.15, 0.2) is 0 Å². The van der Waals surface area contributed by atoms with Crippen molar-refractivity contribution in [2.45, 2.75) is 6.92 Å². The molecule has 2 aromatic rings. The van der Waals surface area contributed by atoms with Crippen molar-refractivity contribution in [1.82, 2.24) is 4.98 Å². The molecule has 0 fully saturated rings. The van der Waals surface area contributed by atoms with Crippen LogP contribution in [0.4, 0.5) is 20.2 Å². The lowest BCUT2D eigenvalue weighted by Crippen LogP contribution is -2.15. The maximum atomic E-state index is 13.6. The van der Waals surface area contributed by atoms with Crippen molar-refractivity contribution in [3.05, 3.63) is 52.3 Å². The molecule has 0 unspecified atom stereocenters. The molecule has 1 aromatic heterocycles. The number of aromatic nitrogens is 1. The quantitative estimate of drug-likeness (QED) is 0.820. The Morgan fingerprint density at radius 3 is 2.67 bits per heavy atom. The fourth-order valence-corrected chi connectivity index (χ4v) is 1.98. The highest BCUT2D eigenvalue weighted by molar-refractivity contribution is 9.10. The van der Waals surface area contributed by atoms with Gasteiger partial charge >= 0.3 is 0 Å². The van der Waals surface area contributed by atoms with Crippen molar-refractivity contribution in [3.63, 3.8) is 0 Å². The molecule has 21 heavy (non-hydrogen) atoms. The molecule has 1 amide bonds. The van der Waals surface area contributed by atoms with Crippen molar-refractivity contribution in [2.24, 2.45) is 0 Å². The molecule has 0 aliphatic heterocycles. The summed E-state index contributed by atoms with van der Waals surface area (Å²) in [7, 11) is 0. The van der Waals surface area contributed by atoms with Crippen LogP contribution in [-0.2, 0) is 0 Å². The first-order valence-corrected chi connectivity index (χ1v) is 6.96. The monoisotopic (exact) mass is 355 g/mol. The molecule has 2 rings (SSSR count). The van der Waals surface area contributed by atoms with Gasteiger partial charge in [-0.15, -0.1) is 0 Å². The number of carbonyl (C=O) groups excluding carboxylic acids is 1. The number of pyridine rings is 1. The Kier molecular flexibility index (Phi) is 4.85. The van der Waals surface area contributed by atoms with Crippen molar-refractivity contribution < 1.29 is 13.6 Å². The molecule has 0 atom stereocenters. The van der Waals surface area contributed by atoms with Crippen LogP contribution in [-0.4, -0.2) is 17.4 Å². The highest BCUT2D eigenvalue weighted by atomic mass is 79.9. The van der Waals surface area contributed by atoms with Gasteiger partial charge in [-0.25, -0.2) is 13.8 Å². The zero-order chi connectivity index (χ0) is 15.4. The van der Waals surface area contributed by atoms with Crippen LogP contribution in [0, 0.1) is 11.6 Å². The van der Waals surface area contributed by atoms with E-state index in [1.807, 2.05) is 6.92 Å². The second-order valence-corrected chi connectivity index (χ2v) is 5.02. The number of carbonyl (C=O) groups is 1. The van der Waals surface area contributed by atoms with E-state index < -0.39 is 17.5 Å². The summed E-state index contributed by atoms with van der Waals surface area (Å²) < 4.78 is 26.7. The van der Waals surface area contributed by atoms with E-state index >= 15 is 0 Å². The van der Waals surface area contributed by atoms with Crippen LogP contribution in [0.15, 0.2) is 34.9 Å². The summed E-state index contributed by atoms with van der Waals surface area (Å²) in [5.41, 5.74) is 0.798. The van der Waals surface area contributed by atoms with Crippen LogP contribution in [0.3, 0.4) is 0 Å². The number of nitrogens with zero attached hydrogens (tertiary/aromatic N) is 1. The SMILES string of the molecule is CCNc1ccc(C(=O)Nc2cc(Br)c(F)cc2F)nc1. The van der Waals surface area contributed by atoms with Crippen molar-refractivity contribution >= 4 is 33.2 Å². The molecule has 110 valence electrons. The first-order chi connectivity index (χ1) is 10.0. The van der Waals surface area contributed by atoms with E-state index in [9.17, 15) is 13.6 Å². The normalized spacial score (nSPS) is 10.3. The fourth-order valence-electron chi connectivity index (χ4n) is 1.64. The number of anilines is 2. The molecule has 0 radical (unpaired) electrons. The van der Waals surface area contributed by atoms with Crippen LogP contribution in [0.5, 0.6) is 0 Å². The second-order valence-electron chi connectivity index (χ2n) is 4.16. The summed E-state index contributed by atoms with van der Waals surface area (Å²) in [6.07, 6.45) is 1.51. The molecule has 2 N–H and O–H groups in total. The molecule has 0 bridgehead atoms. The average molecular weight is 356 g/mol. The molecule has 7 heteroatoms. The molecule has 0 saturated carbocycles. The first kappa shape index (κ1) is 15.4. The lowest BCUT2D eigenvalue weighted by Gasteiger charge is -2.08. The van der Waals surface area contributed by atoms with Gasteiger partial charge in [0.05, 0.1) is 22.0 Å². The molecule has 4 nitrogen and oxygen atoms in total. The predicted octanol–water partition coefficient (Wildman–Crippen LogP) is 3.81. The maximum Gasteiger partial charge on any atom is 0.274 e. The zero-order valence-corrected chi connectivity index (χ0v) is 12.7. The standard InChI is InChI=1S/C14H12BrF2N3O/c1-2-18-8-3-4-12(19-7-8)14(21)20-13-5-9(15)10(16)6-11(13)17/h3-7,18H,2H2,1H3,(H,20,21). The summed E-state index contributed by atoms with van der Waals surface area (Å²) in [4.78, 5) is 15.9. The molecular formula is C14H12BrF2N3O. The minimum Gasteiger partial charge on any atom is -0.384 e. The summed E-state index contributed by atoms with van der Waals surface area (Å²) in [6, 6.07) is 5.07. The van der Waals surface area contributed by atoms with Gasteiger partial charge in [-0.1, -0.05) is 0 Å². The van der Waals surface area contributed by atoms with Crippen LogP contribution < -0.4 is 10.6 Å². The third-order valence-electron chi connectivity index (χ3n) is 2.64. The highest BCUT2D eigenvalue weighted by Crippen LogP contribution is 2.24. The minimum absolute atomic E-state index is 0.0645. The van der Waals surface area contributed by atoms with E-state index in [0.29, 0.717) is 6.07 Å². The third-order valence-corrected chi connectivity index (χ3v) is 3.24.